The number of benzene rings is 2. The van der Waals surface area contributed by atoms with Crippen LogP contribution in [0.25, 0.3) is 0 Å². The van der Waals surface area contributed by atoms with E-state index < -0.39 is 11.9 Å². The first-order chi connectivity index (χ1) is 19.4. The standard InChI is InChI=1S/C34H46N2O4/c1-2-3-4-24-5-7-26(8-6-24)27-9-11-28(12-10-27)29-13-15-32(16-14-29)40-34(38)18-17-33(37)39-20-19-25-21-30(35)23-31(36)22-25/h13-18,21-24,26-28H,2-12,19-20,35-36H2,1H3/b18-17-. The molecule has 4 rings (SSSR count). The Kier molecular flexibility index (Phi) is 11.1. The lowest BCUT2D eigenvalue weighted by Crippen LogP contribution is -2.25. The fourth-order valence-electron chi connectivity index (χ4n) is 6.67. The number of carbonyl (C=O) groups excluding carboxylic acids is 2. The van der Waals surface area contributed by atoms with Crippen molar-refractivity contribution < 1.29 is 19.1 Å². The number of nitrogens with two attached hydrogens (primary N) is 2. The molecule has 2 saturated carbocycles. The highest BCUT2D eigenvalue weighted by atomic mass is 16.5. The lowest BCUT2D eigenvalue weighted by atomic mass is 9.68. The summed E-state index contributed by atoms with van der Waals surface area (Å²) in [5, 5.41) is 0. The van der Waals surface area contributed by atoms with Crippen LogP contribution in [0.1, 0.15) is 94.6 Å². The van der Waals surface area contributed by atoms with Gasteiger partial charge in [-0.2, -0.15) is 0 Å². The monoisotopic (exact) mass is 546 g/mol. The molecule has 0 heterocycles. The van der Waals surface area contributed by atoms with Crippen molar-refractivity contribution in [1.82, 2.24) is 0 Å². The molecule has 6 heteroatoms. The Labute approximate surface area is 239 Å². The summed E-state index contributed by atoms with van der Waals surface area (Å²) in [5.74, 6) is 2.66. The van der Waals surface area contributed by atoms with E-state index in [0.29, 0.717) is 29.5 Å². The summed E-state index contributed by atoms with van der Waals surface area (Å²) >= 11 is 0. The third-order valence-electron chi connectivity index (χ3n) is 8.89. The second kappa shape index (κ2) is 14.9. The van der Waals surface area contributed by atoms with E-state index in [1.165, 1.54) is 76.2 Å². The summed E-state index contributed by atoms with van der Waals surface area (Å²) in [5.41, 5.74) is 14.9. The van der Waals surface area contributed by atoms with Gasteiger partial charge in [-0.25, -0.2) is 9.59 Å². The number of esters is 2. The van der Waals surface area contributed by atoms with E-state index in [4.69, 9.17) is 20.9 Å². The molecule has 6 nitrogen and oxygen atoms in total. The minimum absolute atomic E-state index is 0.157. The molecule has 40 heavy (non-hydrogen) atoms. The summed E-state index contributed by atoms with van der Waals surface area (Å²) in [4.78, 5) is 24.1. The topological polar surface area (TPSA) is 105 Å². The number of carbonyl (C=O) groups is 2. The van der Waals surface area contributed by atoms with Crippen LogP contribution in [-0.4, -0.2) is 18.5 Å². The van der Waals surface area contributed by atoms with Crippen molar-refractivity contribution in [3.63, 3.8) is 0 Å². The van der Waals surface area contributed by atoms with Gasteiger partial charge in [0.2, 0.25) is 0 Å². The van der Waals surface area contributed by atoms with Gasteiger partial charge in [0.05, 0.1) is 6.61 Å². The molecule has 0 aromatic heterocycles. The van der Waals surface area contributed by atoms with Gasteiger partial charge in [-0.05, 0) is 104 Å². The second-order valence-corrected chi connectivity index (χ2v) is 11.8. The van der Waals surface area contributed by atoms with Crippen molar-refractivity contribution in [2.24, 2.45) is 17.8 Å². The molecule has 0 spiro atoms. The number of rotatable bonds is 11. The quantitative estimate of drug-likeness (QED) is 0.132. The number of nitrogen functional groups attached to an aromatic ring is 2. The number of hydrogen-bond acceptors (Lipinski definition) is 6. The Morgan fingerprint density at radius 3 is 2.05 bits per heavy atom. The highest BCUT2D eigenvalue weighted by molar-refractivity contribution is 5.92. The Hall–Kier alpha value is -3.28. The smallest absolute Gasteiger partial charge is 0.336 e. The van der Waals surface area contributed by atoms with Gasteiger partial charge in [-0.3, -0.25) is 0 Å². The Balaban J connectivity index is 1.15. The minimum Gasteiger partial charge on any atom is -0.462 e. The van der Waals surface area contributed by atoms with Crippen LogP contribution in [0.4, 0.5) is 11.4 Å². The molecule has 0 bridgehead atoms. The molecular formula is C34H46N2O4. The predicted octanol–water partition coefficient (Wildman–Crippen LogP) is 7.37. The summed E-state index contributed by atoms with van der Waals surface area (Å²) in [6, 6.07) is 13.1. The molecule has 0 amide bonds. The van der Waals surface area contributed by atoms with Crippen LogP contribution in [0.5, 0.6) is 5.75 Å². The molecule has 0 saturated heterocycles. The maximum atomic E-state index is 12.2. The fourth-order valence-corrected chi connectivity index (χ4v) is 6.67. The fraction of sp³-hybridized carbons (Fsp3) is 0.529. The highest BCUT2D eigenvalue weighted by Crippen LogP contribution is 2.44. The van der Waals surface area contributed by atoms with E-state index >= 15 is 0 Å². The summed E-state index contributed by atoms with van der Waals surface area (Å²) < 4.78 is 10.5. The molecule has 2 aromatic carbocycles. The van der Waals surface area contributed by atoms with Crippen LogP contribution in [-0.2, 0) is 20.7 Å². The average Bonchev–Trinajstić information content (AvgIpc) is 2.95. The average molecular weight is 547 g/mol. The first-order valence-electron chi connectivity index (χ1n) is 15.2. The lowest BCUT2D eigenvalue weighted by molar-refractivity contribution is -0.138. The third kappa shape index (κ3) is 9.14. The lowest BCUT2D eigenvalue weighted by Gasteiger charge is -2.38. The SMILES string of the molecule is CCCCC1CCC(C2CCC(c3ccc(OC(=O)/C=C\C(=O)OCCc4cc(N)cc(N)c4)cc3)CC2)CC1. The first kappa shape index (κ1) is 29.7. The number of ether oxygens (including phenoxy) is 2. The van der Waals surface area contributed by atoms with E-state index in [2.05, 4.69) is 19.1 Å². The van der Waals surface area contributed by atoms with Crippen LogP contribution >= 0.6 is 0 Å². The van der Waals surface area contributed by atoms with Crippen molar-refractivity contribution in [2.75, 3.05) is 18.1 Å². The van der Waals surface area contributed by atoms with Gasteiger partial charge in [-0.15, -0.1) is 0 Å². The Morgan fingerprint density at radius 2 is 1.43 bits per heavy atom. The van der Waals surface area contributed by atoms with E-state index in [9.17, 15) is 9.59 Å². The zero-order valence-electron chi connectivity index (χ0n) is 24.0. The van der Waals surface area contributed by atoms with E-state index in [1.807, 2.05) is 12.1 Å². The van der Waals surface area contributed by atoms with Crippen LogP contribution in [0, 0.1) is 17.8 Å². The van der Waals surface area contributed by atoms with Gasteiger partial charge < -0.3 is 20.9 Å². The molecule has 2 aromatic rings. The van der Waals surface area contributed by atoms with E-state index in [1.54, 1.807) is 18.2 Å². The molecule has 0 aliphatic heterocycles. The van der Waals surface area contributed by atoms with Gasteiger partial charge in [0.25, 0.3) is 0 Å². The van der Waals surface area contributed by atoms with E-state index in [-0.39, 0.29) is 6.61 Å². The number of unbranched alkanes of at least 4 members (excludes halogenated alkanes) is 1. The molecule has 2 fully saturated rings. The maximum Gasteiger partial charge on any atom is 0.336 e. The third-order valence-corrected chi connectivity index (χ3v) is 8.89. The minimum atomic E-state index is -0.613. The second-order valence-electron chi connectivity index (χ2n) is 11.8. The Morgan fingerprint density at radius 1 is 0.825 bits per heavy atom. The summed E-state index contributed by atoms with van der Waals surface area (Å²) in [6.45, 7) is 2.46. The molecular weight excluding hydrogens is 500 g/mol. The van der Waals surface area contributed by atoms with Crippen molar-refractivity contribution >= 4 is 23.3 Å². The van der Waals surface area contributed by atoms with Gasteiger partial charge in [-0.1, -0.05) is 51.2 Å². The van der Waals surface area contributed by atoms with Crippen LogP contribution in [0.2, 0.25) is 0 Å². The van der Waals surface area contributed by atoms with Gasteiger partial charge >= 0.3 is 11.9 Å². The van der Waals surface area contributed by atoms with E-state index in [0.717, 1.165) is 35.5 Å². The van der Waals surface area contributed by atoms with Crippen LogP contribution in [0.15, 0.2) is 54.6 Å². The Bertz CT molecular complexity index is 1110. The molecule has 216 valence electrons. The largest absolute Gasteiger partial charge is 0.462 e. The van der Waals surface area contributed by atoms with Crippen LogP contribution < -0.4 is 16.2 Å². The van der Waals surface area contributed by atoms with Crippen molar-refractivity contribution in [1.29, 1.82) is 0 Å². The number of hydrogen-bond donors (Lipinski definition) is 2. The number of anilines is 2. The first-order valence-corrected chi connectivity index (χ1v) is 15.2. The van der Waals surface area contributed by atoms with Crippen molar-refractivity contribution in [3.8, 4) is 5.75 Å². The van der Waals surface area contributed by atoms with Crippen LogP contribution in [0.3, 0.4) is 0 Å². The molecule has 2 aliphatic carbocycles. The van der Waals surface area contributed by atoms with Gasteiger partial charge in [0, 0.05) is 29.9 Å². The molecule has 0 radical (unpaired) electrons. The highest BCUT2D eigenvalue weighted by Gasteiger charge is 2.31. The zero-order valence-corrected chi connectivity index (χ0v) is 24.0. The van der Waals surface area contributed by atoms with Gasteiger partial charge in [0.1, 0.15) is 5.75 Å². The van der Waals surface area contributed by atoms with Crippen molar-refractivity contribution in [2.45, 2.75) is 89.9 Å². The summed E-state index contributed by atoms with van der Waals surface area (Å²) in [6.07, 6.45) is 17.7. The maximum absolute atomic E-state index is 12.2. The molecule has 2 aliphatic rings. The normalized spacial score (nSPS) is 23.1. The molecule has 0 unspecified atom stereocenters. The summed E-state index contributed by atoms with van der Waals surface area (Å²) in [7, 11) is 0. The van der Waals surface area contributed by atoms with Gasteiger partial charge in [0.15, 0.2) is 0 Å². The molecule has 4 N–H and O–H groups in total. The zero-order chi connectivity index (χ0) is 28.3. The van der Waals surface area contributed by atoms with Crippen molar-refractivity contribution in [3.05, 3.63) is 65.7 Å². The molecule has 0 atom stereocenters. The predicted molar refractivity (Wildman–Crippen MR) is 161 cm³/mol.